The lowest BCUT2D eigenvalue weighted by Crippen LogP contribution is -2.53. The highest BCUT2D eigenvalue weighted by Gasteiger charge is 2.67. The summed E-state index contributed by atoms with van der Waals surface area (Å²) in [4.78, 5) is 43.7. The zero-order valence-corrected chi connectivity index (χ0v) is 19.0. The largest absolute Gasteiger partial charge is 0.507 e. The quantitative estimate of drug-likeness (QED) is 0.426. The number of anilines is 1. The van der Waals surface area contributed by atoms with Crippen LogP contribution in [0.5, 0.6) is 0 Å². The van der Waals surface area contributed by atoms with Gasteiger partial charge < -0.3 is 19.6 Å². The fourth-order valence-electron chi connectivity index (χ4n) is 5.31. The van der Waals surface area contributed by atoms with E-state index in [1.165, 1.54) is 21.9 Å². The summed E-state index contributed by atoms with van der Waals surface area (Å²) in [5.74, 6) is -3.50. The number of aliphatic hydroxyl groups is 1. The van der Waals surface area contributed by atoms with Crippen LogP contribution in [0.15, 0.2) is 48.0 Å². The number of aliphatic hydroxyl groups excluding tert-OH is 1. The maximum atomic E-state index is 14.4. The van der Waals surface area contributed by atoms with E-state index in [4.69, 9.17) is 4.74 Å². The molecule has 1 N–H and O–H groups in total. The molecule has 2 atom stereocenters. The monoisotopic (exact) mass is 464 g/mol. The minimum absolute atomic E-state index is 0.0258. The second-order valence-electron chi connectivity index (χ2n) is 8.84. The summed E-state index contributed by atoms with van der Waals surface area (Å²) in [5, 5.41) is 11.3. The number of aryl methyl sites for hydroxylation is 1. The molecule has 0 bridgehead atoms. The molecule has 2 aromatic rings. The van der Waals surface area contributed by atoms with Gasteiger partial charge in [0.25, 0.3) is 17.6 Å². The van der Waals surface area contributed by atoms with Gasteiger partial charge in [-0.05, 0) is 44.4 Å². The number of likely N-dealkylation sites (tertiary alicyclic amines) is 1. The molecule has 5 rings (SSSR count). The lowest BCUT2D eigenvalue weighted by atomic mass is 9.81. The number of rotatable bonds is 4. The smallest absolute Gasteiger partial charge is 0.296 e. The lowest BCUT2D eigenvalue weighted by molar-refractivity contribution is -0.145. The van der Waals surface area contributed by atoms with E-state index in [1.54, 1.807) is 38.1 Å². The van der Waals surface area contributed by atoms with Gasteiger partial charge in [0, 0.05) is 30.8 Å². The Kier molecular flexibility index (Phi) is 5.28. The molecular weight excluding hydrogens is 439 g/mol. The Labute approximate surface area is 196 Å². The molecule has 0 unspecified atom stereocenters. The van der Waals surface area contributed by atoms with E-state index in [1.807, 2.05) is 0 Å². The van der Waals surface area contributed by atoms with Gasteiger partial charge in [-0.2, -0.15) is 0 Å². The van der Waals surface area contributed by atoms with Gasteiger partial charge >= 0.3 is 0 Å². The van der Waals surface area contributed by atoms with Gasteiger partial charge in [0.15, 0.2) is 5.54 Å². The highest BCUT2D eigenvalue weighted by atomic mass is 19.1. The minimum atomic E-state index is -1.85. The minimum Gasteiger partial charge on any atom is -0.507 e. The summed E-state index contributed by atoms with van der Waals surface area (Å²) in [6.45, 7) is 4.25. The summed E-state index contributed by atoms with van der Waals surface area (Å²) in [6.07, 6.45) is 1.17. The summed E-state index contributed by atoms with van der Waals surface area (Å²) >= 11 is 0. The Balaban J connectivity index is 1.80. The molecule has 3 aliphatic heterocycles. The normalized spacial score (nSPS) is 25.6. The molecule has 2 amide bonds. The number of likely N-dealkylation sites (N-methyl/N-ethyl adjacent to an activating group) is 1. The Bertz CT molecular complexity index is 1250. The van der Waals surface area contributed by atoms with Crippen LogP contribution in [-0.2, 0) is 24.7 Å². The van der Waals surface area contributed by atoms with Crippen molar-refractivity contribution in [1.29, 1.82) is 0 Å². The highest BCUT2D eigenvalue weighted by Crippen LogP contribution is 2.53. The van der Waals surface area contributed by atoms with Crippen LogP contribution >= 0.6 is 0 Å². The van der Waals surface area contributed by atoms with Crippen molar-refractivity contribution >= 4 is 29.0 Å². The summed E-state index contributed by atoms with van der Waals surface area (Å²) in [6, 6.07) is 11.0. The highest BCUT2D eigenvalue weighted by molar-refractivity contribution is 6.50. The lowest BCUT2D eigenvalue weighted by Gasteiger charge is -2.35. The van der Waals surface area contributed by atoms with E-state index in [0.29, 0.717) is 36.4 Å². The first kappa shape index (κ1) is 22.3. The van der Waals surface area contributed by atoms with Crippen LogP contribution in [-0.4, -0.2) is 53.4 Å². The first-order valence-electron chi connectivity index (χ1n) is 11.4. The predicted molar refractivity (Wildman–Crippen MR) is 123 cm³/mol. The Morgan fingerprint density at radius 2 is 1.97 bits per heavy atom. The molecule has 1 spiro atoms. The number of fused-ring (bicyclic) bond motifs is 2. The number of amides is 2. The molecule has 2 saturated heterocycles. The van der Waals surface area contributed by atoms with Gasteiger partial charge in [-0.1, -0.05) is 30.3 Å². The van der Waals surface area contributed by atoms with Crippen LogP contribution in [0.3, 0.4) is 0 Å². The molecule has 0 saturated carbocycles. The number of ketones is 1. The average molecular weight is 464 g/mol. The van der Waals surface area contributed by atoms with E-state index in [0.717, 1.165) is 12.5 Å². The van der Waals surface area contributed by atoms with Gasteiger partial charge in [-0.25, -0.2) is 4.39 Å². The van der Waals surface area contributed by atoms with Gasteiger partial charge in [0.1, 0.15) is 11.6 Å². The maximum absolute atomic E-state index is 14.4. The number of para-hydroxylation sites is 1. The van der Waals surface area contributed by atoms with Crippen molar-refractivity contribution < 1.29 is 28.6 Å². The van der Waals surface area contributed by atoms with Crippen LogP contribution in [0, 0.1) is 12.7 Å². The van der Waals surface area contributed by atoms with Crippen molar-refractivity contribution in [3.05, 3.63) is 70.5 Å². The molecule has 34 heavy (non-hydrogen) atoms. The van der Waals surface area contributed by atoms with Crippen molar-refractivity contribution in [1.82, 2.24) is 4.90 Å². The van der Waals surface area contributed by atoms with E-state index in [-0.39, 0.29) is 23.8 Å². The van der Waals surface area contributed by atoms with Gasteiger partial charge in [-0.15, -0.1) is 0 Å². The molecule has 7 nitrogen and oxygen atoms in total. The SMILES string of the molecule is CCN1C(=O)[C@@]2(C(=C(O)c3ccc(C)c(F)c3)C(=O)C(=O)N2C[C@H]2CCCO2)c2ccccc21. The topological polar surface area (TPSA) is 87.2 Å². The molecule has 0 aromatic heterocycles. The number of hydrogen-bond acceptors (Lipinski definition) is 5. The molecular formula is C26H25FN2O5. The average Bonchev–Trinajstić information content (AvgIpc) is 3.49. The first-order chi connectivity index (χ1) is 16.3. The number of carbonyl (C=O) groups is 3. The van der Waals surface area contributed by atoms with Crippen LogP contribution in [0.2, 0.25) is 0 Å². The fourth-order valence-corrected chi connectivity index (χ4v) is 5.31. The zero-order valence-electron chi connectivity index (χ0n) is 19.0. The molecule has 8 heteroatoms. The standard InChI is InChI=1S/C26H25FN2O5/c1-3-28-20-9-5-4-8-18(20)26(25(28)33)21(22(30)16-11-10-15(2)19(27)13-16)23(31)24(32)29(26)14-17-7-6-12-34-17/h4-5,8-11,13,17,30H,3,6-7,12,14H2,1-2H3/t17-,26+/m1/s1. The van der Waals surface area contributed by atoms with Crippen LogP contribution in [0.4, 0.5) is 10.1 Å². The van der Waals surface area contributed by atoms with Crippen LogP contribution in [0.1, 0.15) is 36.5 Å². The Morgan fingerprint density at radius 1 is 1.21 bits per heavy atom. The van der Waals surface area contributed by atoms with Crippen LogP contribution < -0.4 is 4.90 Å². The second-order valence-corrected chi connectivity index (χ2v) is 8.84. The van der Waals surface area contributed by atoms with Crippen LogP contribution in [0.25, 0.3) is 5.76 Å². The second kappa shape index (κ2) is 8.06. The Morgan fingerprint density at radius 3 is 2.65 bits per heavy atom. The van der Waals surface area contributed by atoms with Gasteiger partial charge in [-0.3, -0.25) is 14.4 Å². The molecule has 3 aliphatic rings. The van der Waals surface area contributed by atoms with Gasteiger partial charge in [0.05, 0.1) is 17.4 Å². The summed E-state index contributed by atoms with van der Waals surface area (Å²) in [7, 11) is 0. The number of ether oxygens (including phenoxy) is 1. The summed E-state index contributed by atoms with van der Waals surface area (Å²) in [5.41, 5.74) is -0.795. The molecule has 3 heterocycles. The molecule has 0 aliphatic carbocycles. The number of nitrogens with zero attached hydrogens (tertiary/aromatic N) is 2. The van der Waals surface area contributed by atoms with Crippen molar-refractivity contribution in [3.63, 3.8) is 0 Å². The third-order valence-electron chi connectivity index (χ3n) is 6.98. The Hall–Kier alpha value is -3.52. The number of halogens is 1. The van der Waals surface area contributed by atoms with Crippen molar-refractivity contribution in [2.45, 2.75) is 38.3 Å². The third-order valence-corrected chi connectivity index (χ3v) is 6.98. The number of carbonyl (C=O) groups excluding carboxylic acids is 3. The fraction of sp³-hybridized carbons (Fsp3) is 0.346. The number of hydrogen-bond donors (Lipinski definition) is 1. The van der Waals surface area contributed by atoms with E-state index >= 15 is 0 Å². The number of benzene rings is 2. The zero-order chi connectivity index (χ0) is 24.2. The first-order valence-corrected chi connectivity index (χ1v) is 11.4. The van der Waals surface area contributed by atoms with Crippen molar-refractivity contribution in [3.8, 4) is 0 Å². The maximum Gasteiger partial charge on any atom is 0.296 e. The molecule has 2 fully saturated rings. The molecule has 0 radical (unpaired) electrons. The van der Waals surface area contributed by atoms with Gasteiger partial charge in [0.2, 0.25) is 0 Å². The number of Topliss-reactive ketones (excluding diaryl/α,β-unsaturated/α-hetero) is 1. The van der Waals surface area contributed by atoms with E-state index < -0.39 is 34.7 Å². The molecule has 176 valence electrons. The predicted octanol–water partition coefficient (Wildman–Crippen LogP) is 3.26. The third kappa shape index (κ3) is 2.94. The summed E-state index contributed by atoms with van der Waals surface area (Å²) < 4.78 is 20.1. The molecule has 2 aromatic carbocycles. The van der Waals surface area contributed by atoms with E-state index in [9.17, 15) is 23.9 Å². The van der Waals surface area contributed by atoms with Crippen molar-refractivity contribution in [2.75, 3.05) is 24.6 Å². The van der Waals surface area contributed by atoms with Crippen molar-refractivity contribution in [2.24, 2.45) is 0 Å². The van der Waals surface area contributed by atoms with E-state index in [2.05, 4.69) is 0 Å².